The smallest absolute Gasteiger partial charge is 0.246 e. The first-order chi connectivity index (χ1) is 27.2. The lowest BCUT2D eigenvalue weighted by molar-refractivity contribution is -0.128. The standard InChI is InChI=1S/C40H88N10O4S2/c1-42-21-13-28-47(3)26-11-12-27-48(4)30-16-25-46-54-33-17-34-55-56-35-19-39(51)44-24-15-29-49(5)32-18-38(36-50(6)31-14-22-43-2)53-37-40(52)45-23-10-8-7-9-20-41/h38,42-43,46H,7-37,41H2,1-6H3,(H,44,51)(H,45,52). The van der Waals surface area contributed by atoms with Crippen molar-refractivity contribution in [3.05, 3.63) is 0 Å². The van der Waals surface area contributed by atoms with Crippen LogP contribution in [0.5, 0.6) is 0 Å². The number of likely N-dealkylation sites (N-methyl/N-ethyl adjacent to an activating group) is 1. The third-order valence-corrected chi connectivity index (χ3v) is 11.9. The van der Waals surface area contributed by atoms with Crippen LogP contribution >= 0.6 is 21.6 Å². The first-order valence-electron chi connectivity index (χ1n) is 21.7. The van der Waals surface area contributed by atoms with Gasteiger partial charge in [-0.1, -0.05) is 34.4 Å². The van der Waals surface area contributed by atoms with Crippen molar-refractivity contribution in [1.29, 1.82) is 0 Å². The van der Waals surface area contributed by atoms with Crippen molar-refractivity contribution in [2.45, 2.75) is 89.6 Å². The largest absolute Gasteiger partial charge is 0.367 e. The average Bonchev–Trinajstić information content (AvgIpc) is 3.18. The molecule has 334 valence electrons. The highest BCUT2D eigenvalue weighted by Crippen LogP contribution is 2.22. The van der Waals surface area contributed by atoms with E-state index in [4.69, 9.17) is 15.3 Å². The van der Waals surface area contributed by atoms with E-state index in [1.807, 2.05) is 24.9 Å². The maximum absolute atomic E-state index is 12.4. The van der Waals surface area contributed by atoms with E-state index in [9.17, 15) is 9.59 Å². The predicted octanol–water partition coefficient (Wildman–Crippen LogP) is 2.70. The summed E-state index contributed by atoms with van der Waals surface area (Å²) >= 11 is 0. The van der Waals surface area contributed by atoms with E-state index in [0.29, 0.717) is 26.1 Å². The molecule has 0 aromatic rings. The summed E-state index contributed by atoms with van der Waals surface area (Å²) in [6, 6.07) is 0. The van der Waals surface area contributed by atoms with Crippen LogP contribution in [0.15, 0.2) is 0 Å². The molecular weight excluding hydrogens is 749 g/mol. The van der Waals surface area contributed by atoms with Crippen molar-refractivity contribution in [3.63, 3.8) is 0 Å². The minimum atomic E-state index is -0.0489. The van der Waals surface area contributed by atoms with Crippen LogP contribution in [0.3, 0.4) is 0 Å². The molecule has 2 amide bonds. The number of carbonyl (C=O) groups is 2. The lowest BCUT2D eigenvalue weighted by atomic mass is 10.2. The number of rotatable bonds is 44. The Bertz CT molecular complexity index is 874. The number of nitrogens with zero attached hydrogens (tertiary/aromatic N) is 4. The molecule has 1 atom stereocenters. The molecule has 0 bridgehead atoms. The number of hydrogen-bond donors (Lipinski definition) is 6. The van der Waals surface area contributed by atoms with Gasteiger partial charge in [-0.2, -0.15) is 0 Å². The highest BCUT2D eigenvalue weighted by Gasteiger charge is 2.16. The van der Waals surface area contributed by atoms with Crippen LogP contribution < -0.4 is 32.5 Å². The lowest BCUT2D eigenvalue weighted by Gasteiger charge is -2.26. The van der Waals surface area contributed by atoms with Gasteiger partial charge in [-0.15, -0.1) is 0 Å². The molecule has 0 saturated carbocycles. The maximum atomic E-state index is 12.4. The van der Waals surface area contributed by atoms with Gasteiger partial charge >= 0.3 is 0 Å². The number of unbranched alkanes of at least 4 members (excludes halogenated alkanes) is 4. The van der Waals surface area contributed by atoms with E-state index in [-0.39, 0.29) is 24.5 Å². The number of ether oxygens (including phenoxy) is 1. The van der Waals surface area contributed by atoms with Gasteiger partial charge in [0.25, 0.3) is 0 Å². The second-order valence-electron chi connectivity index (χ2n) is 15.1. The molecule has 1 unspecified atom stereocenters. The zero-order valence-corrected chi connectivity index (χ0v) is 38.4. The molecule has 7 N–H and O–H groups in total. The first kappa shape index (κ1) is 55.2. The minimum Gasteiger partial charge on any atom is -0.367 e. The predicted molar refractivity (Wildman–Crippen MR) is 242 cm³/mol. The highest BCUT2D eigenvalue weighted by molar-refractivity contribution is 8.76. The zero-order chi connectivity index (χ0) is 41.3. The molecule has 0 aliphatic carbocycles. The summed E-state index contributed by atoms with van der Waals surface area (Å²) in [6.07, 6.45) is 13.3. The summed E-state index contributed by atoms with van der Waals surface area (Å²) in [4.78, 5) is 39.8. The summed E-state index contributed by atoms with van der Waals surface area (Å²) in [5.74, 6) is 1.89. The molecule has 0 fully saturated rings. The number of amides is 2. The van der Waals surface area contributed by atoms with E-state index < -0.39 is 0 Å². The maximum Gasteiger partial charge on any atom is 0.246 e. The molecule has 0 rings (SSSR count). The van der Waals surface area contributed by atoms with Crippen molar-refractivity contribution < 1.29 is 19.2 Å². The van der Waals surface area contributed by atoms with Crippen LogP contribution in [0, 0.1) is 0 Å². The Labute approximate surface area is 351 Å². The number of hydroxylamine groups is 1. The molecule has 0 heterocycles. The Kier molecular flexibility index (Phi) is 41.8. The van der Waals surface area contributed by atoms with Crippen LogP contribution in [-0.2, 0) is 19.2 Å². The third-order valence-electron chi connectivity index (χ3n) is 9.44. The number of nitrogens with one attached hydrogen (secondary N) is 5. The average molecular weight is 837 g/mol. The second kappa shape index (κ2) is 42.4. The molecule has 56 heavy (non-hydrogen) atoms. The van der Waals surface area contributed by atoms with Crippen molar-refractivity contribution in [1.82, 2.24) is 46.3 Å². The van der Waals surface area contributed by atoms with E-state index in [0.717, 1.165) is 141 Å². The molecule has 0 aliphatic rings. The number of carbonyl (C=O) groups excluding carboxylic acids is 2. The van der Waals surface area contributed by atoms with E-state index in [2.05, 4.69) is 74.5 Å². The minimum absolute atomic E-state index is 0.0229. The van der Waals surface area contributed by atoms with Crippen LogP contribution in [-0.4, -0.2) is 196 Å². The van der Waals surface area contributed by atoms with Gasteiger partial charge in [0.1, 0.15) is 6.61 Å². The monoisotopic (exact) mass is 837 g/mol. The lowest BCUT2D eigenvalue weighted by Crippen LogP contribution is -2.38. The summed E-state index contributed by atoms with van der Waals surface area (Å²) in [7, 11) is 16.2. The Balaban J connectivity index is 3.89. The van der Waals surface area contributed by atoms with Gasteiger partial charge in [0.05, 0.1) is 12.7 Å². The number of hydrogen-bond acceptors (Lipinski definition) is 14. The van der Waals surface area contributed by atoms with E-state index in [1.54, 1.807) is 10.8 Å². The van der Waals surface area contributed by atoms with Crippen molar-refractivity contribution in [2.75, 3.05) is 159 Å². The van der Waals surface area contributed by atoms with Gasteiger partial charge in [-0.25, -0.2) is 5.48 Å². The normalized spacial score (nSPS) is 12.4. The van der Waals surface area contributed by atoms with Crippen LogP contribution in [0.25, 0.3) is 0 Å². The van der Waals surface area contributed by atoms with Crippen molar-refractivity contribution in [3.8, 4) is 0 Å². The fraction of sp³-hybridized carbons (Fsp3) is 0.950. The number of nitrogens with two attached hydrogens (primary N) is 1. The highest BCUT2D eigenvalue weighted by atomic mass is 33.1. The molecule has 0 aromatic heterocycles. The van der Waals surface area contributed by atoms with Gasteiger partial charge in [0.2, 0.25) is 11.8 Å². The Hall–Kier alpha value is -0.760. The van der Waals surface area contributed by atoms with E-state index in [1.165, 1.54) is 25.8 Å². The van der Waals surface area contributed by atoms with Crippen LogP contribution in [0.1, 0.15) is 83.5 Å². The topological polar surface area (TPSA) is 152 Å². The zero-order valence-electron chi connectivity index (χ0n) is 36.8. The van der Waals surface area contributed by atoms with Crippen LogP contribution in [0.2, 0.25) is 0 Å². The SMILES string of the molecule is CNCCCN(C)CCCCN(C)CCCNOCCCSSCCC(=O)NCCCN(C)CCC(CN(C)CCCNC)OCC(=O)NCCCCCCN. The molecular formula is C40H88N10O4S2. The van der Waals surface area contributed by atoms with Crippen molar-refractivity contribution in [2.24, 2.45) is 5.73 Å². The van der Waals surface area contributed by atoms with Gasteiger partial charge in [0.15, 0.2) is 0 Å². The first-order valence-corrected chi connectivity index (χ1v) is 24.2. The quantitative estimate of drug-likeness (QED) is 0.0303. The van der Waals surface area contributed by atoms with Gasteiger partial charge < -0.3 is 56.2 Å². The van der Waals surface area contributed by atoms with Crippen LogP contribution in [0.4, 0.5) is 0 Å². The fourth-order valence-corrected chi connectivity index (χ4v) is 8.00. The molecule has 16 heteroatoms. The van der Waals surface area contributed by atoms with Crippen molar-refractivity contribution >= 4 is 33.4 Å². The molecule has 14 nitrogen and oxygen atoms in total. The fourth-order valence-electron chi connectivity index (χ4n) is 5.95. The van der Waals surface area contributed by atoms with E-state index >= 15 is 0 Å². The van der Waals surface area contributed by atoms with Gasteiger partial charge in [-0.3, -0.25) is 9.59 Å². The molecule has 0 aliphatic heterocycles. The Morgan fingerprint density at radius 2 is 1.12 bits per heavy atom. The molecule has 0 saturated heterocycles. The summed E-state index contributed by atoms with van der Waals surface area (Å²) in [5, 5.41) is 12.5. The van der Waals surface area contributed by atoms with Gasteiger partial charge in [0, 0.05) is 50.7 Å². The molecule has 0 radical (unpaired) electrons. The second-order valence-corrected chi connectivity index (χ2v) is 17.8. The molecule has 0 aromatic carbocycles. The Morgan fingerprint density at radius 3 is 1.79 bits per heavy atom. The summed E-state index contributed by atoms with van der Waals surface area (Å²) in [5.41, 5.74) is 8.66. The third kappa shape index (κ3) is 40.0. The Morgan fingerprint density at radius 1 is 0.589 bits per heavy atom. The molecule has 0 spiro atoms. The summed E-state index contributed by atoms with van der Waals surface area (Å²) in [6.45, 7) is 13.9. The summed E-state index contributed by atoms with van der Waals surface area (Å²) < 4.78 is 6.12. The van der Waals surface area contributed by atoms with Gasteiger partial charge in [-0.05, 0) is 165 Å².